The average molecular weight is 404 g/mol. The molecule has 2 rings (SSSR count). The molecule has 0 fully saturated rings. The number of carbonyl (C=O) groups is 1. The summed E-state index contributed by atoms with van der Waals surface area (Å²) in [5, 5.41) is 0. The van der Waals surface area contributed by atoms with Gasteiger partial charge in [0.15, 0.2) is 0 Å². The fourth-order valence-corrected chi connectivity index (χ4v) is 3.68. The normalized spacial score (nSPS) is 10.5. The molecule has 6 heteroatoms. The zero-order chi connectivity index (χ0) is 14.0. The number of hydrogen-bond acceptors (Lipinski definition) is 3. The van der Waals surface area contributed by atoms with Crippen LogP contribution in [0.15, 0.2) is 32.7 Å². The molecule has 1 aromatic heterocycles. The van der Waals surface area contributed by atoms with E-state index < -0.39 is 0 Å². The number of aryl methyl sites for hydroxylation is 1. The predicted octanol–water partition coefficient (Wildman–Crippen LogP) is 4.25. The van der Waals surface area contributed by atoms with Gasteiger partial charge < -0.3 is 4.90 Å². The van der Waals surface area contributed by atoms with Gasteiger partial charge >= 0.3 is 0 Å². The smallest absolute Gasteiger partial charge is 0.255 e. The molecule has 0 radical (unpaired) electrons. The second-order valence-corrected chi connectivity index (χ2v) is 6.86. The van der Waals surface area contributed by atoms with Crippen molar-refractivity contribution in [2.24, 2.45) is 0 Å². The van der Waals surface area contributed by atoms with Crippen LogP contribution in [0.25, 0.3) is 0 Å². The first-order chi connectivity index (χ1) is 8.99. The van der Waals surface area contributed by atoms with Gasteiger partial charge in [0.1, 0.15) is 0 Å². The molecule has 0 saturated heterocycles. The van der Waals surface area contributed by atoms with E-state index in [1.165, 1.54) is 0 Å². The molecule has 19 heavy (non-hydrogen) atoms. The summed E-state index contributed by atoms with van der Waals surface area (Å²) in [4.78, 5) is 19.4. The van der Waals surface area contributed by atoms with Crippen LogP contribution in [0.2, 0.25) is 0 Å². The van der Waals surface area contributed by atoms with Gasteiger partial charge in [-0.25, -0.2) is 4.98 Å². The van der Waals surface area contributed by atoms with Crippen LogP contribution in [-0.2, 0) is 6.54 Å². The molecule has 0 aliphatic rings. The second kappa shape index (κ2) is 6.15. The van der Waals surface area contributed by atoms with Crippen LogP contribution in [0.1, 0.15) is 20.9 Å². The standard InChI is InChI=1S/C13H12Br2N2OS/c1-8-12(19-7-16-8)6-17(2)13(18)10-4-3-9(14)5-11(10)15/h3-5,7H,6H2,1-2H3. The molecule has 0 aliphatic heterocycles. The summed E-state index contributed by atoms with van der Waals surface area (Å²) in [7, 11) is 1.80. The van der Waals surface area contributed by atoms with Crippen molar-refractivity contribution < 1.29 is 4.79 Å². The lowest BCUT2D eigenvalue weighted by Crippen LogP contribution is -2.26. The van der Waals surface area contributed by atoms with Gasteiger partial charge in [-0.2, -0.15) is 0 Å². The Labute approximate surface area is 132 Å². The van der Waals surface area contributed by atoms with Crippen LogP contribution in [0.5, 0.6) is 0 Å². The third-order valence-corrected chi connectivity index (χ3v) is 4.80. The molecule has 0 saturated carbocycles. The third kappa shape index (κ3) is 3.43. The van der Waals surface area contributed by atoms with E-state index in [1.54, 1.807) is 28.8 Å². The lowest BCUT2D eigenvalue weighted by Gasteiger charge is -2.17. The molecule has 2 aromatic rings. The van der Waals surface area contributed by atoms with Crippen molar-refractivity contribution >= 4 is 49.1 Å². The SMILES string of the molecule is Cc1ncsc1CN(C)C(=O)c1ccc(Br)cc1Br. The molecular formula is C13H12Br2N2OS. The maximum absolute atomic E-state index is 12.4. The highest BCUT2D eigenvalue weighted by Crippen LogP contribution is 2.24. The Balaban J connectivity index is 2.17. The number of rotatable bonds is 3. The van der Waals surface area contributed by atoms with Gasteiger partial charge in [0.05, 0.1) is 23.3 Å². The highest BCUT2D eigenvalue weighted by Gasteiger charge is 2.16. The quantitative estimate of drug-likeness (QED) is 0.767. The van der Waals surface area contributed by atoms with E-state index in [0.29, 0.717) is 12.1 Å². The van der Waals surface area contributed by atoms with Crippen LogP contribution in [0, 0.1) is 6.92 Å². The van der Waals surface area contributed by atoms with E-state index in [1.807, 2.05) is 25.1 Å². The fourth-order valence-electron chi connectivity index (χ4n) is 1.63. The van der Waals surface area contributed by atoms with E-state index in [4.69, 9.17) is 0 Å². The van der Waals surface area contributed by atoms with Gasteiger partial charge in [0, 0.05) is 20.9 Å². The molecule has 100 valence electrons. The Bertz CT molecular complexity index is 612. The van der Waals surface area contributed by atoms with E-state index in [9.17, 15) is 4.79 Å². The minimum Gasteiger partial charge on any atom is -0.336 e. The summed E-state index contributed by atoms with van der Waals surface area (Å²) in [6.07, 6.45) is 0. The van der Waals surface area contributed by atoms with Crippen LogP contribution in [-0.4, -0.2) is 22.8 Å². The van der Waals surface area contributed by atoms with Crippen LogP contribution in [0.4, 0.5) is 0 Å². The number of benzene rings is 1. The van der Waals surface area contributed by atoms with Crippen molar-refractivity contribution in [1.29, 1.82) is 0 Å². The van der Waals surface area contributed by atoms with Crippen molar-refractivity contribution in [2.45, 2.75) is 13.5 Å². The summed E-state index contributed by atoms with van der Waals surface area (Å²) in [5.74, 6) is -0.00725. The summed E-state index contributed by atoms with van der Waals surface area (Å²) < 4.78 is 1.73. The van der Waals surface area contributed by atoms with Gasteiger partial charge in [-0.1, -0.05) is 15.9 Å². The molecule has 1 heterocycles. The lowest BCUT2D eigenvalue weighted by molar-refractivity contribution is 0.0785. The average Bonchev–Trinajstić information content (AvgIpc) is 2.74. The summed E-state index contributed by atoms with van der Waals surface area (Å²) in [5.41, 5.74) is 3.45. The second-order valence-electron chi connectivity index (χ2n) is 4.15. The van der Waals surface area contributed by atoms with Gasteiger partial charge in [-0.05, 0) is 41.1 Å². The highest BCUT2D eigenvalue weighted by molar-refractivity contribution is 9.11. The zero-order valence-electron chi connectivity index (χ0n) is 10.5. The molecule has 0 aliphatic carbocycles. The predicted molar refractivity (Wildman–Crippen MR) is 84.5 cm³/mol. The van der Waals surface area contributed by atoms with Crippen LogP contribution < -0.4 is 0 Å². The number of aromatic nitrogens is 1. The molecule has 3 nitrogen and oxygen atoms in total. The Morgan fingerprint density at radius 1 is 1.42 bits per heavy atom. The van der Waals surface area contributed by atoms with E-state index in [2.05, 4.69) is 36.8 Å². The van der Waals surface area contributed by atoms with Crippen molar-refractivity contribution in [3.05, 3.63) is 48.8 Å². The first-order valence-corrected chi connectivity index (χ1v) is 8.05. The molecule has 1 aromatic carbocycles. The van der Waals surface area contributed by atoms with Gasteiger partial charge in [-0.15, -0.1) is 11.3 Å². The Morgan fingerprint density at radius 3 is 2.74 bits per heavy atom. The number of nitrogens with zero attached hydrogens (tertiary/aromatic N) is 2. The highest BCUT2D eigenvalue weighted by atomic mass is 79.9. The molecular weight excluding hydrogens is 392 g/mol. The molecule has 0 spiro atoms. The van der Waals surface area contributed by atoms with E-state index >= 15 is 0 Å². The van der Waals surface area contributed by atoms with E-state index in [0.717, 1.165) is 19.5 Å². The van der Waals surface area contributed by atoms with Crippen molar-refractivity contribution in [3.63, 3.8) is 0 Å². The van der Waals surface area contributed by atoms with Gasteiger partial charge in [-0.3, -0.25) is 4.79 Å². The summed E-state index contributed by atoms with van der Waals surface area (Å²) in [6, 6.07) is 5.55. The Hall–Kier alpha value is -0.720. The number of thiazole rings is 1. The number of halogens is 2. The number of carbonyl (C=O) groups excluding carboxylic acids is 1. The molecule has 0 N–H and O–H groups in total. The van der Waals surface area contributed by atoms with Crippen molar-refractivity contribution in [2.75, 3.05) is 7.05 Å². The first-order valence-electron chi connectivity index (χ1n) is 5.58. The van der Waals surface area contributed by atoms with Gasteiger partial charge in [0.25, 0.3) is 5.91 Å². The zero-order valence-corrected chi connectivity index (χ0v) is 14.5. The van der Waals surface area contributed by atoms with Crippen molar-refractivity contribution in [1.82, 2.24) is 9.88 Å². The maximum Gasteiger partial charge on any atom is 0.255 e. The molecule has 0 bridgehead atoms. The minimum absolute atomic E-state index is 0.00725. The third-order valence-electron chi connectivity index (χ3n) is 2.73. The fraction of sp³-hybridized carbons (Fsp3) is 0.231. The minimum atomic E-state index is -0.00725. The van der Waals surface area contributed by atoms with E-state index in [-0.39, 0.29) is 5.91 Å². The molecule has 0 atom stereocenters. The monoisotopic (exact) mass is 402 g/mol. The number of amides is 1. The van der Waals surface area contributed by atoms with Crippen LogP contribution in [0.3, 0.4) is 0 Å². The Morgan fingerprint density at radius 2 is 2.16 bits per heavy atom. The first kappa shape index (κ1) is 14.7. The molecule has 0 unspecified atom stereocenters. The maximum atomic E-state index is 12.4. The molecule has 1 amide bonds. The Kier molecular flexibility index (Phi) is 4.76. The largest absolute Gasteiger partial charge is 0.336 e. The summed E-state index contributed by atoms with van der Waals surface area (Å²) in [6.45, 7) is 2.54. The van der Waals surface area contributed by atoms with Crippen LogP contribution >= 0.6 is 43.2 Å². The number of hydrogen-bond donors (Lipinski definition) is 0. The topological polar surface area (TPSA) is 33.2 Å². The van der Waals surface area contributed by atoms with Crippen molar-refractivity contribution in [3.8, 4) is 0 Å². The lowest BCUT2D eigenvalue weighted by atomic mass is 10.2. The van der Waals surface area contributed by atoms with Gasteiger partial charge in [0.2, 0.25) is 0 Å². The summed E-state index contributed by atoms with van der Waals surface area (Å²) >= 11 is 8.37.